The van der Waals surface area contributed by atoms with Crippen LogP contribution in [-0.2, 0) is 9.63 Å². The van der Waals surface area contributed by atoms with Crippen molar-refractivity contribution in [2.75, 3.05) is 13.1 Å². The first-order valence-corrected chi connectivity index (χ1v) is 4.53. The molecule has 0 aromatic carbocycles. The van der Waals surface area contributed by atoms with Gasteiger partial charge < -0.3 is 10.4 Å². The van der Waals surface area contributed by atoms with Crippen molar-refractivity contribution in [1.82, 2.24) is 10.8 Å². The topological polar surface area (TPSA) is 94.4 Å². The van der Waals surface area contributed by atoms with Gasteiger partial charge in [0.2, 0.25) is 0 Å². The summed E-state index contributed by atoms with van der Waals surface area (Å²) in [5, 5.41) is 17.5. The van der Waals surface area contributed by atoms with E-state index in [2.05, 4.69) is 16.7 Å². The fourth-order valence-electron chi connectivity index (χ4n) is 1.15. The molecule has 0 aromatic rings. The molecular weight excluding hydrogens is 224 g/mol. The zero-order valence-electron chi connectivity index (χ0n) is 8.45. The van der Waals surface area contributed by atoms with Crippen molar-refractivity contribution in [2.45, 2.75) is 25.0 Å². The second-order valence-electron chi connectivity index (χ2n) is 3.09. The Labute approximate surface area is 91.1 Å². The van der Waals surface area contributed by atoms with Gasteiger partial charge in [-0.2, -0.15) is 14.3 Å². The minimum atomic E-state index is -4.17. The van der Waals surface area contributed by atoms with E-state index in [4.69, 9.17) is 10.4 Å². The van der Waals surface area contributed by atoms with E-state index >= 15 is 0 Å². The van der Waals surface area contributed by atoms with Crippen molar-refractivity contribution < 1.29 is 23.5 Å². The minimum Gasteiger partial charge on any atom is -0.475 e. The molecule has 1 aliphatic rings. The van der Waals surface area contributed by atoms with Crippen LogP contribution in [-0.4, -0.2) is 36.3 Å². The lowest BCUT2D eigenvalue weighted by atomic mass is 10.1. The SMILES string of the molecule is C#N.O=C(O)C(F)(F)ONC1CCCNC1. The molecule has 16 heavy (non-hydrogen) atoms. The third-order valence-electron chi connectivity index (χ3n) is 1.90. The summed E-state index contributed by atoms with van der Waals surface area (Å²) in [6, 6.07) is -0.269. The summed E-state index contributed by atoms with van der Waals surface area (Å²) in [6.07, 6.45) is -2.64. The van der Waals surface area contributed by atoms with E-state index in [-0.39, 0.29) is 6.04 Å². The van der Waals surface area contributed by atoms with E-state index in [1.54, 1.807) is 0 Å². The molecule has 8 heteroatoms. The smallest absolute Gasteiger partial charge is 0.471 e. The molecule has 1 saturated heterocycles. The van der Waals surface area contributed by atoms with Crippen molar-refractivity contribution >= 4 is 5.97 Å². The summed E-state index contributed by atoms with van der Waals surface area (Å²) in [7, 11) is 0. The summed E-state index contributed by atoms with van der Waals surface area (Å²) < 4.78 is 24.8. The fraction of sp³-hybridized carbons (Fsp3) is 0.750. The number of carbonyl (C=O) groups is 1. The lowest BCUT2D eigenvalue weighted by Gasteiger charge is -2.24. The molecule has 0 spiro atoms. The monoisotopic (exact) mass is 237 g/mol. The number of alkyl halides is 2. The Morgan fingerprint density at radius 3 is 2.69 bits per heavy atom. The van der Waals surface area contributed by atoms with Gasteiger partial charge in [0.1, 0.15) is 0 Å². The van der Waals surface area contributed by atoms with Gasteiger partial charge in [-0.25, -0.2) is 14.9 Å². The molecule has 0 saturated carbocycles. The predicted molar refractivity (Wildman–Crippen MR) is 49.4 cm³/mol. The van der Waals surface area contributed by atoms with E-state index in [0.717, 1.165) is 13.0 Å². The number of rotatable bonds is 4. The molecule has 92 valence electrons. The predicted octanol–water partition coefficient (Wildman–Crippen LogP) is 0.0768. The zero-order valence-corrected chi connectivity index (χ0v) is 8.45. The second kappa shape index (κ2) is 7.05. The Morgan fingerprint density at radius 1 is 1.62 bits per heavy atom. The summed E-state index contributed by atoms with van der Waals surface area (Å²) in [5.74, 6) is -2.30. The Balaban J connectivity index is 0.00000106. The number of piperidine rings is 1. The van der Waals surface area contributed by atoms with Gasteiger partial charge in [-0.1, -0.05) is 0 Å². The average Bonchev–Trinajstić information content (AvgIpc) is 2.30. The summed E-state index contributed by atoms with van der Waals surface area (Å²) in [4.78, 5) is 13.8. The van der Waals surface area contributed by atoms with Crippen LogP contribution < -0.4 is 10.8 Å². The molecule has 1 heterocycles. The van der Waals surface area contributed by atoms with Crippen molar-refractivity contribution in [3.05, 3.63) is 0 Å². The number of nitrogens with zero attached hydrogens (tertiary/aromatic N) is 1. The summed E-state index contributed by atoms with van der Waals surface area (Å²) >= 11 is 0. The number of aliphatic carboxylic acids is 1. The van der Waals surface area contributed by atoms with Crippen molar-refractivity contribution in [1.29, 1.82) is 5.26 Å². The van der Waals surface area contributed by atoms with E-state index in [9.17, 15) is 13.6 Å². The summed E-state index contributed by atoms with van der Waals surface area (Å²) in [5.41, 5.74) is 2.05. The van der Waals surface area contributed by atoms with Gasteiger partial charge >= 0.3 is 12.1 Å². The molecule has 1 rings (SSSR count). The first kappa shape index (κ1) is 14.7. The standard InChI is InChI=1S/C7H12F2N2O3.CHN/c8-7(9,6(12)13)14-11-5-2-1-3-10-4-5;1-2/h5,10-11H,1-4H2,(H,12,13);1H. The number of hydrogen-bond acceptors (Lipinski definition) is 5. The molecule has 0 amide bonds. The Bertz CT molecular complexity index is 242. The first-order valence-electron chi connectivity index (χ1n) is 4.53. The lowest BCUT2D eigenvalue weighted by Crippen LogP contribution is -2.47. The molecule has 1 aliphatic heterocycles. The maximum absolute atomic E-state index is 12.4. The van der Waals surface area contributed by atoms with Crippen LogP contribution in [0.4, 0.5) is 8.78 Å². The first-order chi connectivity index (χ1) is 7.52. The van der Waals surface area contributed by atoms with Gasteiger partial charge in [-0.3, -0.25) is 0 Å². The number of halogens is 2. The highest BCUT2D eigenvalue weighted by molar-refractivity contribution is 5.73. The average molecular weight is 237 g/mol. The third-order valence-corrected chi connectivity index (χ3v) is 1.90. The maximum atomic E-state index is 12.4. The Kier molecular flexibility index (Phi) is 6.48. The molecule has 0 bridgehead atoms. The molecule has 1 unspecified atom stereocenters. The van der Waals surface area contributed by atoms with E-state index < -0.39 is 12.1 Å². The van der Waals surface area contributed by atoms with Gasteiger partial charge in [0.05, 0.1) is 0 Å². The van der Waals surface area contributed by atoms with Crippen LogP contribution in [0.15, 0.2) is 0 Å². The van der Waals surface area contributed by atoms with Crippen molar-refractivity contribution in [3.63, 3.8) is 0 Å². The highest BCUT2D eigenvalue weighted by atomic mass is 19.3. The molecule has 0 aromatic heterocycles. The summed E-state index contributed by atoms with van der Waals surface area (Å²) in [6.45, 7) is 4.84. The van der Waals surface area contributed by atoms with Crippen LogP contribution in [0.2, 0.25) is 0 Å². The van der Waals surface area contributed by atoms with Crippen molar-refractivity contribution in [3.8, 4) is 6.57 Å². The largest absolute Gasteiger partial charge is 0.475 e. The Hall–Kier alpha value is -1.30. The van der Waals surface area contributed by atoms with Crippen LogP contribution in [0, 0.1) is 11.8 Å². The van der Waals surface area contributed by atoms with Crippen LogP contribution >= 0.6 is 0 Å². The molecule has 0 radical (unpaired) electrons. The van der Waals surface area contributed by atoms with E-state index in [0.29, 0.717) is 13.0 Å². The lowest BCUT2D eigenvalue weighted by molar-refractivity contribution is -0.274. The van der Waals surface area contributed by atoms with Crippen LogP contribution in [0.5, 0.6) is 0 Å². The van der Waals surface area contributed by atoms with Crippen LogP contribution in [0.25, 0.3) is 0 Å². The quantitative estimate of drug-likeness (QED) is 0.599. The number of hydrogen-bond donors (Lipinski definition) is 3. The van der Waals surface area contributed by atoms with Crippen LogP contribution in [0.3, 0.4) is 0 Å². The third kappa shape index (κ3) is 4.97. The molecule has 1 atom stereocenters. The van der Waals surface area contributed by atoms with Crippen molar-refractivity contribution in [2.24, 2.45) is 0 Å². The van der Waals surface area contributed by atoms with Gasteiger partial charge in [0.15, 0.2) is 0 Å². The van der Waals surface area contributed by atoms with E-state index in [1.807, 2.05) is 5.48 Å². The maximum Gasteiger partial charge on any atom is 0.471 e. The number of carboxylic acid groups (broad SMARTS) is 1. The van der Waals surface area contributed by atoms with E-state index in [1.165, 1.54) is 0 Å². The molecule has 6 nitrogen and oxygen atoms in total. The van der Waals surface area contributed by atoms with Gasteiger partial charge in [-0.15, -0.1) is 0 Å². The number of hydroxylamine groups is 1. The van der Waals surface area contributed by atoms with Gasteiger partial charge in [-0.05, 0) is 19.4 Å². The van der Waals surface area contributed by atoms with Gasteiger partial charge in [0, 0.05) is 19.2 Å². The minimum absolute atomic E-state index is 0.269. The number of nitrogens with one attached hydrogen (secondary N) is 2. The molecule has 0 aliphatic carbocycles. The highest BCUT2D eigenvalue weighted by Crippen LogP contribution is 2.14. The molecule has 3 N–H and O–H groups in total. The second-order valence-corrected chi connectivity index (χ2v) is 3.09. The van der Waals surface area contributed by atoms with Crippen LogP contribution in [0.1, 0.15) is 12.8 Å². The highest BCUT2D eigenvalue weighted by Gasteiger charge is 2.41. The number of nitriles is 1. The van der Waals surface area contributed by atoms with Gasteiger partial charge in [0.25, 0.3) is 0 Å². The zero-order chi connectivity index (χ0) is 12.6. The number of carboxylic acids is 1. The fourth-order valence-corrected chi connectivity index (χ4v) is 1.15. The molecular formula is C8H13F2N3O3. The normalized spacial score (nSPS) is 20.6. The molecule has 1 fully saturated rings. The Morgan fingerprint density at radius 2 is 2.25 bits per heavy atom.